The van der Waals surface area contributed by atoms with Gasteiger partial charge in [0.05, 0.1) is 0 Å². The van der Waals surface area contributed by atoms with Crippen LogP contribution in [0.1, 0.15) is 36.7 Å². The monoisotopic (exact) mass is 269 g/mol. The number of nitrogens with one attached hydrogen (secondary N) is 2. The maximum atomic E-state index is 12.4. The lowest BCUT2D eigenvalue weighted by Gasteiger charge is -2.39. The maximum Gasteiger partial charge on any atom is 0.270 e. The van der Waals surface area contributed by atoms with E-state index >= 15 is 0 Å². The van der Waals surface area contributed by atoms with E-state index in [9.17, 15) is 4.79 Å². The minimum absolute atomic E-state index is 0.0514. The molecule has 1 amide bonds. The summed E-state index contributed by atoms with van der Waals surface area (Å²) in [5.41, 5.74) is 0.422. The Hall–Kier alpha value is -2.10. The molecule has 1 heterocycles. The summed E-state index contributed by atoms with van der Waals surface area (Å²) in [6, 6.07) is 9.80. The Kier molecular flexibility index (Phi) is 3.08. The van der Waals surface area contributed by atoms with Crippen molar-refractivity contribution >= 4 is 22.5 Å². The Morgan fingerprint density at radius 3 is 2.70 bits per heavy atom. The first kappa shape index (κ1) is 12.9. The van der Waals surface area contributed by atoms with Crippen molar-refractivity contribution in [1.82, 2.24) is 10.3 Å². The number of aromatic nitrogens is 1. The quantitative estimate of drug-likeness (QED) is 0.900. The van der Waals surface area contributed by atoms with Crippen LogP contribution in [0.2, 0.25) is 0 Å². The highest BCUT2D eigenvalue weighted by Crippen LogP contribution is 2.31. The second-order valence-electron chi connectivity index (χ2n) is 5.70. The SMILES string of the molecule is CNc1nc(C(=O)NC2(C)CCC2)cc2ccccc12. The van der Waals surface area contributed by atoms with Gasteiger partial charge in [-0.05, 0) is 37.6 Å². The smallest absolute Gasteiger partial charge is 0.270 e. The summed E-state index contributed by atoms with van der Waals surface area (Å²) < 4.78 is 0. The van der Waals surface area contributed by atoms with Crippen molar-refractivity contribution in [3.8, 4) is 0 Å². The van der Waals surface area contributed by atoms with Gasteiger partial charge in [-0.25, -0.2) is 4.98 Å². The molecule has 0 radical (unpaired) electrons. The van der Waals surface area contributed by atoms with Gasteiger partial charge in [-0.1, -0.05) is 24.3 Å². The summed E-state index contributed by atoms with van der Waals surface area (Å²) >= 11 is 0. The average molecular weight is 269 g/mol. The Morgan fingerprint density at radius 2 is 2.05 bits per heavy atom. The van der Waals surface area contributed by atoms with Gasteiger partial charge in [0.2, 0.25) is 0 Å². The van der Waals surface area contributed by atoms with Crippen LogP contribution in [0.25, 0.3) is 10.8 Å². The Balaban J connectivity index is 1.96. The molecule has 0 aliphatic heterocycles. The summed E-state index contributed by atoms with van der Waals surface area (Å²) in [5, 5.41) is 8.21. The van der Waals surface area contributed by atoms with Crippen LogP contribution in [0.3, 0.4) is 0 Å². The number of anilines is 1. The summed E-state index contributed by atoms with van der Waals surface area (Å²) in [7, 11) is 1.82. The van der Waals surface area contributed by atoms with Crippen LogP contribution in [-0.4, -0.2) is 23.5 Å². The van der Waals surface area contributed by atoms with Crippen molar-refractivity contribution < 1.29 is 4.79 Å². The van der Waals surface area contributed by atoms with Crippen LogP contribution in [-0.2, 0) is 0 Å². The molecule has 4 nitrogen and oxygen atoms in total. The molecular formula is C16H19N3O. The standard InChI is InChI=1S/C16H19N3O/c1-16(8-5-9-16)19-15(20)13-10-11-6-3-4-7-12(11)14(17-2)18-13/h3-4,6-7,10H,5,8-9H2,1-2H3,(H,17,18)(H,19,20). The molecule has 2 N–H and O–H groups in total. The lowest BCUT2D eigenvalue weighted by molar-refractivity contribution is 0.0845. The van der Waals surface area contributed by atoms with E-state index in [2.05, 4.69) is 22.5 Å². The van der Waals surface area contributed by atoms with Crippen LogP contribution in [0.5, 0.6) is 0 Å². The van der Waals surface area contributed by atoms with Crippen LogP contribution in [0, 0.1) is 0 Å². The second kappa shape index (κ2) is 4.78. The summed E-state index contributed by atoms with van der Waals surface area (Å²) in [6.45, 7) is 2.09. The van der Waals surface area contributed by atoms with Crippen molar-refractivity contribution in [2.45, 2.75) is 31.7 Å². The van der Waals surface area contributed by atoms with E-state index in [1.807, 2.05) is 37.4 Å². The van der Waals surface area contributed by atoms with E-state index in [1.165, 1.54) is 6.42 Å². The summed E-state index contributed by atoms with van der Waals surface area (Å²) in [4.78, 5) is 16.8. The third-order valence-electron chi connectivity index (χ3n) is 4.08. The zero-order valence-electron chi connectivity index (χ0n) is 11.9. The normalized spacial score (nSPS) is 16.5. The molecule has 1 aromatic carbocycles. The van der Waals surface area contributed by atoms with Gasteiger partial charge in [-0.3, -0.25) is 4.79 Å². The highest BCUT2D eigenvalue weighted by atomic mass is 16.2. The highest BCUT2D eigenvalue weighted by molar-refractivity contribution is 6.00. The Labute approximate surface area is 118 Å². The van der Waals surface area contributed by atoms with Gasteiger partial charge in [0.15, 0.2) is 0 Å². The molecule has 2 aromatic rings. The predicted molar refractivity (Wildman–Crippen MR) is 81.0 cm³/mol. The number of nitrogens with zero attached hydrogens (tertiary/aromatic N) is 1. The van der Waals surface area contributed by atoms with Crippen molar-refractivity contribution in [2.75, 3.05) is 12.4 Å². The molecule has 0 saturated heterocycles. The number of pyridine rings is 1. The van der Waals surface area contributed by atoms with E-state index in [-0.39, 0.29) is 11.4 Å². The lowest BCUT2D eigenvalue weighted by atomic mass is 9.78. The minimum atomic E-state index is -0.0885. The molecule has 0 bridgehead atoms. The number of hydrogen-bond donors (Lipinski definition) is 2. The number of rotatable bonds is 3. The highest BCUT2D eigenvalue weighted by Gasteiger charge is 2.33. The molecular weight excluding hydrogens is 250 g/mol. The average Bonchev–Trinajstić information content (AvgIpc) is 2.44. The fraction of sp³-hybridized carbons (Fsp3) is 0.375. The fourth-order valence-corrected chi connectivity index (χ4v) is 2.68. The molecule has 0 unspecified atom stereocenters. The molecule has 20 heavy (non-hydrogen) atoms. The molecule has 104 valence electrons. The molecule has 1 fully saturated rings. The summed E-state index contributed by atoms with van der Waals surface area (Å²) in [6.07, 6.45) is 3.28. The number of hydrogen-bond acceptors (Lipinski definition) is 3. The number of carbonyl (C=O) groups excluding carboxylic acids is 1. The molecule has 1 saturated carbocycles. The van der Waals surface area contributed by atoms with Gasteiger partial charge < -0.3 is 10.6 Å². The number of fused-ring (bicyclic) bond motifs is 1. The summed E-state index contributed by atoms with van der Waals surface area (Å²) in [5.74, 6) is 0.654. The number of benzene rings is 1. The predicted octanol–water partition coefficient (Wildman–Crippen LogP) is 2.95. The molecule has 4 heteroatoms. The van der Waals surface area contributed by atoms with Crippen LogP contribution < -0.4 is 10.6 Å². The van der Waals surface area contributed by atoms with Crippen LogP contribution >= 0.6 is 0 Å². The van der Waals surface area contributed by atoms with E-state index in [1.54, 1.807) is 0 Å². The van der Waals surface area contributed by atoms with E-state index in [0.29, 0.717) is 5.69 Å². The zero-order chi connectivity index (χ0) is 14.2. The Bertz CT molecular complexity index is 662. The van der Waals surface area contributed by atoms with E-state index in [4.69, 9.17) is 0 Å². The first-order chi connectivity index (χ1) is 9.61. The largest absolute Gasteiger partial charge is 0.373 e. The van der Waals surface area contributed by atoms with Gasteiger partial charge >= 0.3 is 0 Å². The molecule has 0 atom stereocenters. The van der Waals surface area contributed by atoms with Crippen molar-refractivity contribution in [3.05, 3.63) is 36.0 Å². The third-order valence-corrected chi connectivity index (χ3v) is 4.08. The minimum Gasteiger partial charge on any atom is -0.373 e. The van der Waals surface area contributed by atoms with E-state index < -0.39 is 0 Å². The van der Waals surface area contributed by atoms with Crippen LogP contribution in [0.4, 0.5) is 5.82 Å². The first-order valence-corrected chi connectivity index (χ1v) is 7.01. The zero-order valence-corrected chi connectivity index (χ0v) is 11.9. The first-order valence-electron chi connectivity index (χ1n) is 7.01. The maximum absolute atomic E-state index is 12.4. The lowest BCUT2D eigenvalue weighted by Crippen LogP contribution is -2.51. The topological polar surface area (TPSA) is 54.0 Å². The van der Waals surface area contributed by atoms with Gasteiger partial charge in [-0.15, -0.1) is 0 Å². The van der Waals surface area contributed by atoms with Crippen molar-refractivity contribution in [1.29, 1.82) is 0 Å². The van der Waals surface area contributed by atoms with Gasteiger partial charge in [0.25, 0.3) is 5.91 Å². The van der Waals surface area contributed by atoms with Crippen LogP contribution in [0.15, 0.2) is 30.3 Å². The van der Waals surface area contributed by atoms with Crippen molar-refractivity contribution in [2.24, 2.45) is 0 Å². The Morgan fingerprint density at radius 1 is 1.30 bits per heavy atom. The molecule has 3 rings (SSSR count). The second-order valence-corrected chi connectivity index (χ2v) is 5.70. The third kappa shape index (κ3) is 2.22. The molecule has 1 aliphatic carbocycles. The van der Waals surface area contributed by atoms with Crippen molar-refractivity contribution in [3.63, 3.8) is 0 Å². The van der Waals surface area contributed by atoms with Gasteiger partial charge in [0.1, 0.15) is 11.5 Å². The number of amides is 1. The van der Waals surface area contributed by atoms with Gasteiger partial charge in [0, 0.05) is 18.0 Å². The number of carbonyl (C=O) groups is 1. The molecule has 0 spiro atoms. The van der Waals surface area contributed by atoms with E-state index in [0.717, 1.165) is 29.4 Å². The molecule has 1 aliphatic rings. The van der Waals surface area contributed by atoms with Gasteiger partial charge in [-0.2, -0.15) is 0 Å². The fourth-order valence-electron chi connectivity index (χ4n) is 2.68. The molecule has 1 aromatic heterocycles.